The summed E-state index contributed by atoms with van der Waals surface area (Å²) < 4.78 is 11.9. The molecule has 0 saturated carbocycles. The average Bonchev–Trinajstić information content (AvgIpc) is 2.91. The zero-order valence-corrected chi connectivity index (χ0v) is 20.4. The highest BCUT2D eigenvalue weighted by Gasteiger charge is 2.48. The number of terminal acetylenes is 1. The van der Waals surface area contributed by atoms with Crippen LogP contribution in [0.15, 0.2) is 60.9 Å². The van der Waals surface area contributed by atoms with Gasteiger partial charge >= 0.3 is 0 Å². The lowest BCUT2D eigenvalue weighted by Gasteiger charge is -2.45. The van der Waals surface area contributed by atoms with Crippen molar-refractivity contribution in [3.8, 4) is 18.1 Å². The first-order valence-corrected chi connectivity index (χ1v) is 11.9. The molecule has 0 bridgehead atoms. The first kappa shape index (κ1) is 28.2. The third-order valence-electron chi connectivity index (χ3n) is 6.44. The van der Waals surface area contributed by atoms with Gasteiger partial charge in [-0.3, -0.25) is 4.79 Å². The molecule has 0 spiro atoms. The molecule has 9 nitrogen and oxygen atoms in total. The van der Waals surface area contributed by atoms with Crippen LogP contribution in [0.1, 0.15) is 29.5 Å². The normalized spacial score (nSPS) is 23.0. The predicted octanol–water partition coefficient (Wildman–Crippen LogP) is 1.53. The van der Waals surface area contributed by atoms with Gasteiger partial charge in [-0.15, -0.1) is 6.42 Å². The van der Waals surface area contributed by atoms with Crippen LogP contribution in [0.5, 0.6) is 5.75 Å². The topological polar surface area (TPSA) is 149 Å². The van der Waals surface area contributed by atoms with E-state index in [1.165, 1.54) is 12.1 Å². The van der Waals surface area contributed by atoms with Gasteiger partial charge in [-0.25, -0.2) is 0 Å². The molecule has 3 rings (SSSR count). The molecule has 2 aromatic carbocycles. The van der Waals surface area contributed by atoms with E-state index in [2.05, 4.69) is 17.8 Å². The van der Waals surface area contributed by atoms with Crippen molar-refractivity contribution in [3.63, 3.8) is 0 Å². The second kappa shape index (κ2) is 12.7. The lowest BCUT2D eigenvalue weighted by atomic mass is 9.85. The molecule has 5 atom stereocenters. The molecule has 198 valence electrons. The first-order valence-electron chi connectivity index (χ1n) is 11.9. The number of hydrogen-bond donors (Lipinski definition) is 6. The van der Waals surface area contributed by atoms with Crippen LogP contribution in [0.25, 0.3) is 0 Å². The van der Waals surface area contributed by atoms with Crippen LogP contribution in [0.2, 0.25) is 0 Å². The Balaban J connectivity index is 1.62. The maximum absolute atomic E-state index is 12.3. The van der Waals surface area contributed by atoms with Crippen molar-refractivity contribution in [2.75, 3.05) is 13.2 Å². The summed E-state index contributed by atoms with van der Waals surface area (Å²) in [6.07, 6.45) is 1.80. The quantitative estimate of drug-likeness (QED) is 0.197. The van der Waals surface area contributed by atoms with Gasteiger partial charge in [0.05, 0.1) is 25.2 Å². The standard InChI is InChI=1S/C28H33NO8/c1-3-19-4-6-20(7-5-19)14-25(34)29-15-24(33)26(35)27-22(16-30)12-13-28(37-27,18(2)31)36-17-21-8-10-23(32)11-9-21/h1,4-11,22,24,26-27,30-33,35H,2,12-17H2,(H,29,34)/t22?,24?,26-,27-,28-/m1/s1. The van der Waals surface area contributed by atoms with Gasteiger partial charge in [-0.05, 0) is 41.8 Å². The van der Waals surface area contributed by atoms with Crippen LogP contribution < -0.4 is 5.32 Å². The molecule has 2 aromatic rings. The number of amides is 1. The molecule has 1 aliphatic rings. The number of ether oxygens (including phenoxy) is 2. The summed E-state index contributed by atoms with van der Waals surface area (Å²) >= 11 is 0. The van der Waals surface area contributed by atoms with Gasteiger partial charge in [0.2, 0.25) is 11.7 Å². The Bertz CT molecular complexity index is 1090. The summed E-state index contributed by atoms with van der Waals surface area (Å²) in [6.45, 7) is 2.98. The molecule has 1 saturated heterocycles. The molecular weight excluding hydrogens is 478 g/mol. The zero-order valence-electron chi connectivity index (χ0n) is 20.4. The van der Waals surface area contributed by atoms with E-state index in [4.69, 9.17) is 15.9 Å². The molecule has 37 heavy (non-hydrogen) atoms. The SMILES string of the molecule is C#Cc1ccc(CC(=O)NCC(O)[C@@H](O)[C@@H]2O[C@@](OCc3ccc(O)cc3)(C(=C)O)CCC2CO)cc1. The molecule has 6 N–H and O–H groups in total. The molecule has 0 radical (unpaired) electrons. The highest BCUT2D eigenvalue weighted by Crippen LogP contribution is 2.39. The van der Waals surface area contributed by atoms with Crippen molar-refractivity contribution >= 4 is 5.91 Å². The Morgan fingerprint density at radius 1 is 1.19 bits per heavy atom. The second-order valence-electron chi connectivity index (χ2n) is 9.10. The lowest BCUT2D eigenvalue weighted by molar-refractivity contribution is -0.308. The first-order chi connectivity index (χ1) is 17.7. The fraction of sp³-hybridized carbons (Fsp3) is 0.393. The molecule has 1 aliphatic heterocycles. The number of hydrogen-bond acceptors (Lipinski definition) is 8. The minimum absolute atomic E-state index is 0.00734. The number of aromatic hydroxyl groups is 1. The molecule has 1 amide bonds. The maximum atomic E-state index is 12.3. The van der Waals surface area contributed by atoms with Gasteiger partial charge < -0.3 is 40.3 Å². The molecule has 1 heterocycles. The van der Waals surface area contributed by atoms with Gasteiger partial charge in [0.25, 0.3) is 0 Å². The van der Waals surface area contributed by atoms with Crippen LogP contribution in [0, 0.1) is 18.3 Å². The smallest absolute Gasteiger partial charge is 0.227 e. The number of rotatable bonds is 11. The third-order valence-corrected chi connectivity index (χ3v) is 6.44. The van der Waals surface area contributed by atoms with E-state index in [1.807, 2.05) is 0 Å². The van der Waals surface area contributed by atoms with E-state index in [9.17, 15) is 30.3 Å². The zero-order chi connectivity index (χ0) is 27.0. The van der Waals surface area contributed by atoms with Gasteiger partial charge in [-0.1, -0.05) is 36.8 Å². The Labute approximate surface area is 216 Å². The average molecular weight is 512 g/mol. The minimum atomic E-state index is -1.68. The minimum Gasteiger partial charge on any atom is -0.508 e. The van der Waals surface area contributed by atoms with E-state index >= 15 is 0 Å². The van der Waals surface area contributed by atoms with Crippen LogP contribution in [0.4, 0.5) is 0 Å². The monoisotopic (exact) mass is 511 g/mol. The molecule has 9 heteroatoms. The Morgan fingerprint density at radius 3 is 2.43 bits per heavy atom. The summed E-state index contributed by atoms with van der Waals surface area (Å²) in [7, 11) is 0. The van der Waals surface area contributed by atoms with Crippen LogP contribution in [-0.4, -0.2) is 68.7 Å². The Morgan fingerprint density at radius 2 is 1.84 bits per heavy atom. The van der Waals surface area contributed by atoms with E-state index in [0.29, 0.717) is 17.5 Å². The molecule has 0 aliphatic carbocycles. The maximum Gasteiger partial charge on any atom is 0.227 e. The molecule has 0 aromatic heterocycles. The van der Waals surface area contributed by atoms with Crippen molar-refractivity contribution < 1.29 is 39.8 Å². The molecule has 2 unspecified atom stereocenters. The summed E-state index contributed by atoms with van der Waals surface area (Å²) in [5.74, 6) is -0.421. The van der Waals surface area contributed by atoms with Crippen LogP contribution in [-0.2, 0) is 27.3 Å². The van der Waals surface area contributed by atoms with Crippen molar-refractivity contribution in [2.45, 2.75) is 50.0 Å². The van der Waals surface area contributed by atoms with Gasteiger partial charge in [-0.2, -0.15) is 0 Å². The number of aliphatic hydroxyl groups is 4. The van der Waals surface area contributed by atoms with Gasteiger partial charge in [0.15, 0.2) is 0 Å². The van der Waals surface area contributed by atoms with Crippen LogP contribution >= 0.6 is 0 Å². The Kier molecular flexibility index (Phi) is 9.69. The fourth-order valence-electron chi connectivity index (χ4n) is 4.18. The highest BCUT2D eigenvalue weighted by atomic mass is 16.7. The number of benzene rings is 2. The largest absolute Gasteiger partial charge is 0.508 e. The lowest BCUT2D eigenvalue weighted by Crippen LogP contribution is -2.56. The summed E-state index contributed by atoms with van der Waals surface area (Å²) in [5.41, 5.74) is 2.13. The number of carbonyl (C=O) groups excluding carboxylic acids is 1. The fourth-order valence-corrected chi connectivity index (χ4v) is 4.18. The van der Waals surface area contributed by atoms with E-state index in [-0.39, 0.29) is 44.3 Å². The number of aliphatic hydroxyl groups excluding tert-OH is 4. The third kappa shape index (κ3) is 7.32. The molecule has 1 fully saturated rings. The van der Waals surface area contributed by atoms with E-state index < -0.39 is 35.8 Å². The summed E-state index contributed by atoms with van der Waals surface area (Å²) in [5, 5.41) is 53.7. The van der Waals surface area contributed by atoms with Gasteiger partial charge in [0.1, 0.15) is 17.6 Å². The predicted molar refractivity (Wildman–Crippen MR) is 135 cm³/mol. The van der Waals surface area contributed by atoms with E-state index in [1.54, 1.807) is 36.4 Å². The van der Waals surface area contributed by atoms with Crippen molar-refractivity contribution in [2.24, 2.45) is 5.92 Å². The van der Waals surface area contributed by atoms with E-state index in [0.717, 1.165) is 5.56 Å². The summed E-state index contributed by atoms with van der Waals surface area (Å²) in [4.78, 5) is 12.3. The van der Waals surface area contributed by atoms with Crippen LogP contribution in [0.3, 0.4) is 0 Å². The number of phenols is 1. The Hall–Kier alpha value is -3.39. The van der Waals surface area contributed by atoms with Crippen molar-refractivity contribution in [3.05, 3.63) is 77.6 Å². The number of carbonyl (C=O) groups is 1. The van der Waals surface area contributed by atoms with Gasteiger partial charge in [0, 0.05) is 31.1 Å². The number of nitrogens with one attached hydrogen (secondary N) is 1. The second-order valence-corrected chi connectivity index (χ2v) is 9.10. The van der Waals surface area contributed by atoms with Crippen molar-refractivity contribution in [1.29, 1.82) is 0 Å². The highest BCUT2D eigenvalue weighted by molar-refractivity contribution is 5.78. The summed E-state index contributed by atoms with van der Waals surface area (Å²) in [6, 6.07) is 13.2. The van der Waals surface area contributed by atoms with Crippen molar-refractivity contribution in [1.82, 2.24) is 5.32 Å². The molecular formula is C28H33NO8. The number of phenolic OH excluding ortho intramolecular Hbond substituents is 1.